The smallest absolute Gasteiger partial charge is 0.270 e. The highest BCUT2D eigenvalue weighted by atomic mass is 32.2. The molecule has 0 spiro atoms. The standard InChI is InChI=1S/C20H18N4O3S/c21-14-15-5-7-17(8-6-15)28(26,27)24-11-9-23(10-12-24)20(25)19-13-16-3-1-2-4-18(16)22-19/h1-8,13,22H,9-12H2. The third-order valence-corrected chi connectivity index (χ3v) is 6.82. The Labute approximate surface area is 162 Å². The highest BCUT2D eigenvalue weighted by molar-refractivity contribution is 7.89. The number of hydrogen-bond donors (Lipinski definition) is 1. The largest absolute Gasteiger partial charge is 0.351 e. The lowest BCUT2D eigenvalue weighted by molar-refractivity contribution is 0.0693. The number of nitrogens with zero attached hydrogens (tertiary/aromatic N) is 3. The Morgan fingerprint density at radius 3 is 2.32 bits per heavy atom. The quantitative estimate of drug-likeness (QED) is 0.736. The average Bonchev–Trinajstić information content (AvgIpc) is 3.17. The minimum Gasteiger partial charge on any atom is -0.351 e. The molecule has 0 aliphatic carbocycles. The van der Waals surface area contributed by atoms with Gasteiger partial charge >= 0.3 is 0 Å². The van der Waals surface area contributed by atoms with E-state index >= 15 is 0 Å². The highest BCUT2D eigenvalue weighted by Gasteiger charge is 2.30. The van der Waals surface area contributed by atoms with Crippen LogP contribution in [0.4, 0.5) is 0 Å². The Bertz CT molecular complexity index is 1140. The number of rotatable bonds is 3. The molecular formula is C20H18N4O3S. The number of carbonyl (C=O) groups is 1. The van der Waals surface area contributed by atoms with Crippen LogP contribution in [-0.2, 0) is 10.0 Å². The van der Waals surface area contributed by atoms with E-state index in [-0.39, 0.29) is 23.9 Å². The molecule has 0 bridgehead atoms. The molecule has 1 amide bonds. The van der Waals surface area contributed by atoms with Gasteiger partial charge < -0.3 is 9.88 Å². The molecule has 142 valence electrons. The molecule has 4 rings (SSSR count). The van der Waals surface area contributed by atoms with E-state index < -0.39 is 10.0 Å². The van der Waals surface area contributed by atoms with Crippen LogP contribution in [0.2, 0.25) is 0 Å². The van der Waals surface area contributed by atoms with E-state index in [0.717, 1.165) is 10.9 Å². The van der Waals surface area contributed by atoms with Gasteiger partial charge in [-0.1, -0.05) is 18.2 Å². The van der Waals surface area contributed by atoms with Gasteiger partial charge in [-0.15, -0.1) is 0 Å². The maximum Gasteiger partial charge on any atom is 0.270 e. The maximum atomic E-state index is 12.8. The molecule has 3 aromatic rings. The third-order valence-electron chi connectivity index (χ3n) is 4.91. The van der Waals surface area contributed by atoms with Gasteiger partial charge in [0.2, 0.25) is 10.0 Å². The molecule has 1 fully saturated rings. The number of nitriles is 1. The number of amides is 1. The van der Waals surface area contributed by atoms with Gasteiger partial charge in [0.25, 0.3) is 5.91 Å². The molecule has 1 N–H and O–H groups in total. The maximum absolute atomic E-state index is 12.8. The van der Waals surface area contributed by atoms with Gasteiger partial charge in [0.15, 0.2) is 0 Å². The van der Waals surface area contributed by atoms with Crippen LogP contribution >= 0.6 is 0 Å². The summed E-state index contributed by atoms with van der Waals surface area (Å²) in [5, 5.41) is 9.82. The number of piperazine rings is 1. The third kappa shape index (κ3) is 3.26. The van der Waals surface area contributed by atoms with Gasteiger partial charge in [-0.05, 0) is 36.4 Å². The van der Waals surface area contributed by atoms with Crippen molar-refractivity contribution in [3.05, 3.63) is 65.9 Å². The summed E-state index contributed by atoms with van der Waals surface area (Å²) in [6.07, 6.45) is 0. The summed E-state index contributed by atoms with van der Waals surface area (Å²) in [6, 6.07) is 17.3. The van der Waals surface area contributed by atoms with E-state index in [1.165, 1.54) is 28.6 Å². The summed E-state index contributed by atoms with van der Waals surface area (Å²) < 4.78 is 26.9. The zero-order valence-electron chi connectivity index (χ0n) is 15.0. The van der Waals surface area contributed by atoms with Gasteiger partial charge in [0.1, 0.15) is 5.69 Å². The van der Waals surface area contributed by atoms with Crippen LogP contribution in [-0.4, -0.2) is 54.7 Å². The van der Waals surface area contributed by atoms with Crippen LogP contribution in [0.25, 0.3) is 10.9 Å². The van der Waals surface area contributed by atoms with Crippen molar-refractivity contribution in [2.45, 2.75) is 4.90 Å². The Morgan fingerprint density at radius 2 is 1.68 bits per heavy atom. The number of benzene rings is 2. The molecular weight excluding hydrogens is 376 g/mol. The first-order valence-corrected chi connectivity index (χ1v) is 10.3. The van der Waals surface area contributed by atoms with E-state index in [1.807, 2.05) is 36.4 Å². The minimum atomic E-state index is -3.64. The van der Waals surface area contributed by atoms with Crippen molar-refractivity contribution in [1.29, 1.82) is 5.26 Å². The minimum absolute atomic E-state index is 0.133. The first-order valence-electron chi connectivity index (χ1n) is 8.86. The predicted octanol–water partition coefficient (Wildman–Crippen LogP) is 2.19. The van der Waals surface area contributed by atoms with Crippen LogP contribution in [0.3, 0.4) is 0 Å². The number of nitrogens with one attached hydrogen (secondary N) is 1. The molecule has 0 unspecified atom stereocenters. The topological polar surface area (TPSA) is 97.3 Å². The number of hydrogen-bond acceptors (Lipinski definition) is 4. The Kier molecular flexibility index (Phi) is 4.63. The number of aromatic nitrogens is 1. The van der Waals surface area contributed by atoms with Crippen LogP contribution < -0.4 is 0 Å². The van der Waals surface area contributed by atoms with Crippen molar-refractivity contribution in [1.82, 2.24) is 14.2 Å². The van der Waals surface area contributed by atoms with Crippen LogP contribution in [0, 0.1) is 11.3 Å². The fourth-order valence-corrected chi connectivity index (χ4v) is 4.76. The Morgan fingerprint density at radius 1 is 1.00 bits per heavy atom. The van der Waals surface area contributed by atoms with Crippen molar-refractivity contribution >= 4 is 26.8 Å². The second-order valence-electron chi connectivity index (χ2n) is 6.60. The fraction of sp³-hybridized carbons (Fsp3) is 0.200. The molecule has 1 aliphatic heterocycles. The van der Waals surface area contributed by atoms with Crippen molar-refractivity contribution in [3.63, 3.8) is 0 Å². The average molecular weight is 394 g/mol. The van der Waals surface area contributed by atoms with Gasteiger partial charge in [0, 0.05) is 37.1 Å². The summed E-state index contributed by atoms with van der Waals surface area (Å²) in [4.78, 5) is 17.7. The Balaban J connectivity index is 1.46. The van der Waals surface area contributed by atoms with Gasteiger partial charge in [-0.25, -0.2) is 8.42 Å². The first-order chi connectivity index (χ1) is 13.5. The number of sulfonamides is 1. The zero-order chi connectivity index (χ0) is 19.7. The molecule has 2 heterocycles. The summed E-state index contributed by atoms with van der Waals surface area (Å²) in [5.74, 6) is -0.133. The van der Waals surface area contributed by atoms with Crippen molar-refractivity contribution in [2.24, 2.45) is 0 Å². The van der Waals surface area contributed by atoms with E-state index in [9.17, 15) is 13.2 Å². The van der Waals surface area contributed by atoms with Crippen molar-refractivity contribution in [2.75, 3.05) is 26.2 Å². The van der Waals surface area contributed by atoms with Gasteiger partial charge in [-0.3, -0.25) is 4.79 Å². The molecule has 1 aromatic heterocycles. The number of carbonyl (C=O) groups excluding carboxylic acids is 1. The SMILES string of the molecule is N#Cc1ccc(S(=O)(=O)N2CCN(C(=O)c3cc4ccccc4[nH]3)CC2)cc1. The van der Waals surface area contributed by atoms with Gasteiger partial charge in [0.05, 0.1) is 16.5 Å². The predicted molar refractivity (Wildman–Crippen MR) is 104 cm³/mol. The summed E-state index contributed by atoms with van der Waals surface area (Å²) in [5.41, 5.74) is 1.81. The molecule has 1 aliphatic rings. The summed E-state index contributed by atoms with van der Waals surface area (Å²) in [6.45, 7) is 1.11. The van der Waals surface area contributed by atoms with E-state index in [2.05, 4.69) is 4.98 Å². The monoisotopic (exact) mass is 394 g/mol. The van der Waals surface area contributed by atoms with E-state index in [4.69, 9.17) is 5.26 Å². The molecule has 28 heavy (non-hydrogen) atoms. The Hall–Kier alpha value is -3.15. The van der Waals surface area contributed by atoms with Crippen LogP contribution in [0.5, 0.6) is 0 Å². The molecule has 0 radical (unpaired) electrons. The summed E-state index contributed by atoms with van der Waals surface area (Å²) >= 11 is 0. The second kappa shape index (κ2) is 7.11. The molecule has 1 saturated heterocycles. The number of aromatic amines is 1. The molecule has 0 saturated carbocycles. The number of para-hydroxylation sites is 1. The number of fused-ring (bicyclic) bond motifs is 1. The lowest BCUT2D eigenvalue weighted by Gasteiger charge is -2.33. The highest BCUT2D eigenvalue weighted by Crippen LogP contribution is 2.20. The zero-order valence-corrected chi connectivity index (χ0v) is 15.8. The summed E-state index contributed by atoms with van der Waals surface area (Å²) in [7, 11) is -3.64. The van der Waals surface area contributed by atoms with Gasteiger partial charge in [-0.2, -0.15) is 9.57 Å². The lowest BCUT2D eigenvalue weighted by atomic mass is 10.2. The van der Waals surface area contributed by atoms with E-state index in [0.29, 0.717) is 24.3 Å². The number of H-pyrrole nitrogens is 1. The normalized spacial score (nSPS) is 15.5. The van der Waals surface area contributed by atoms with Crippen LogP contribution in [0.15, 0.2) is 59.5 Å². The lowest BCUT2D eigenvalue weighted by Crippen LogP contribution is -2.50. The van der Waals surface area contributed by atoms with Crippen LogP contribution in [0.1, 0.15) is 16.1 Å². The van der Waals surface area contributed by atoms with E-state index in [1.54, 1.807) is 4.90 Å². The van der Waals surface area contributed by atoms with Crippen molar-refractivity contribution in [3.8, 4) is 6.07 Å². The molecule has 7 nitrogen and oxygen atoms in total. The fourth-order valence-electron chi connectivity index (χ4n) is 3.34. The first kappa shape index (κ1) is 18.2. The molecule has 0 atom stereocenters. The van der Waals surface area contributed by atoms with Crippen molar-refractivity contribution < 1.29 is 13.2 Å². The molecule has 8 heteroatoms. The molecule has 2 aromatic carbocycles. The second-order valence-corrected chi connectivity index (χ2v) is 8.54.